The highest BCUT2D eigenvalue weighted by molar-refractivity contribution is 7.98. The number of thioether (sulfide) groups is 1. The van der Waals surface area contributed by atoms with Gasteiger partial charge in [-0.25, -0.2) is 18.6 Å². The Bertz CT molecular complexity index is 1210. The summed E-state index contributed by atoms with van der Waals surface area (Å²) in [4.78, 5) is 16.0. The number of aromatic nitrogens is 1. The van der Waals surface area contributed by atoms with Crippen LogP contribution in [0.15, 0.2) is 53.7 Å². The molecule has 0 saturated heterocycles. The zero-order valence-electron chi connectivity index (χ0n) is 16.6. The molecule has 158 valence electrons. The lowest BCUT2D eigenvalue weighted by Crippen LogP contribution is -3.03. The summed E-state index contributed by atoms with van der Waals surface area (Å²) in [6, 6.07) is 8.82. The first kappa shape index (κ1) is 21.2. The van der Waals surface area contributed by atoms with E-state index in [0.717, 1.165) is 17.7 Å². The third-order valence-corrected chi connectivity index (χ3v) is 5.94. The highest BCUT2D eigenvalue weighted by Gasteiger charge is 2.34. The molecule has 4 rings (SSSR count). The molecule has 0 radical (unpaired) electrons. The molecule has 3 aromatic rings. The van der Waals surface area contributed by atoms with Crippen LogP contribution in [0.4, 0.5) is 8.78 Å². The molecule has 0 fully saturated rings. The first-order valence-electron chi connectivity index (χ1n) is 9.41. The van der Waals surface area contributed by atoms with Crippen molar-refractivity contribution in [1.82, 2.24) is 4.98 Å². The van der Waals surface area contributed by atoms with Gasteiger partial charge in [-0.05, 0) is 60.2 Å². The Kier molecular flexibility index (Phi) is 5.62. The number of halogens is 2. The average Bonchev–Trinajstić information content (AvgIpc) is 2.74. The molecular weight excluding hydrogens is 422 g/mol. The van der Waals surface area contributed by atoms with Crippen molar-refractivity contribution in [2.45, 2.75) is 18.0 Å². The van der Waals surface area contributed by atoms with E-state index in [-0.39, 0.29) is 16.8 Å². The maximum atomic E-state index is 14.6. The maximum Gasteiger partial charge on any atom is 0.335 e. The SMILES string of the molecule is CSc1cc(-c2cc(C(=O)O)ccc2C)c2c(n1)C(c1c(F)cccc1F)[NH+]([O-])C=C2. The van der Waals surface area contributed by atoms with Gasteiger partial charge in [-0.15, -0.1) is 11.8 Å². The van der Waals surface area contributed by atoms with Gasteiger partial charge in [0.15, 0.2) is 6.04 Å². The molecule has 1 aliphatic rings. The summed E-state index contributed by atoms with van der Waals surface area (Å²) in [6.45, 7) is 1.85. The number of carbonyl (C=O) groups is 1. The van der Waals surface area contributed by atoms with E-state index in [1.807, 2.05) is 6.92 Å². The summed E-state index contributed by atoms with van der Waals surface area (Å²) < 4.78 is 29.2. The second kappa shape index (κ2) is 8.22. The molecule has 1 aliphatic heterocycles. The van der Waals surface area contributed by atoms with Crippen LogP contribution in [-0.4, -0.2) is 22.3 Å². The summed E-state index contributed by atoms with van der Waals surface area (Å²) in [5.74, 6) is -2.70. The van der Waals surface area contributed by atoms with Crippen LogP contribution in [0.2, 0.25) is 0 Å². The third kappa shape index (κ3) is 3.74. The number of nitrogens with one attached hydrogen (secondary N) is 1. The number of quaternary nitrogens is 1. The predicted octanol–water partition coefficient (Wildman–Crippen LogP) is 4.21. The van der Waals surface area contributed by atoms with E-state index in [4.69, 9.17) is 0 Å². The van der Waals surface area contributed by atoms with E-state index in [9.17, 15) is 23.9 Å². The van der Waals surface area contributed by atoms with Gasteiger partial charge in [-0.1, -0.05) is 12.1 Å². The lowest BCUT2D eigenvalue weighted by Gasteiger charge is -2.33. The molecule has 5 nitrogen and oxygen atoms in total. The summed E-state index contributed by atoms with van der Waals surface area (Å²) in [5, 5.41) is 22.3. The number of hydroxylamine groups is 2. The smallest absolute Gasteiger partial charge is 0.335 e. The summed E-state index contributed by atoms with van der Waals surface area (Å²) in [6.07, 6.45) is 4.67. The number of pyridine rings is 1. The molecule has 31 heavy (non-hydrogen) atoms. The molecule has 2 unspecified atom stereocenters. The van der Waals surface area contributed by atoms with Gasteiger partial charge in [-0.2, -0.15) is 0 Å². The van der Waals surface area contributed by atoms with Gasteiger partial charge in [0.2, 0.25) is 0 Å². The highest BCUT2D eigenvalue weighted by Crippen LogP contribution is 2.38. The maximum absolute atomic E-state index is 14.6. The molecule has 2 N–H and O–H groups in total. The minimum absolute atomic E-state index is 0.115. The lowest BCUT2D eigenvalue weighted by molar-refractivity contribution is -0.821. The van der Waals surface area contributed by atoms with Crippen LogP contribution in [-0.2, 0) is 0 Å². The van der Waals surface area contributed by atoms with Gasteiger partial charge < -0.3 is 15.4 Å². The number of rotatable bonds is 4. The van der Waals surface area contributed by atoms with E-state index in [1.54, 1.807) is 30.5 Å². The van der Waals surface area contributed by atoms with Crippen LogP contribution in [0.1, 0.15) is 38.8 Å². The van der Waals surface area contributed by atoms with Crippen molar-refractivity contribution in [3.63, 3.8) is 0 Å². The van der Waals surface area contributed by atoms with Crippen molar-refractivity contribution in [2.24, 2.45) is 0 Å². The first-order valence-corrected chi connectivity index (χ1v) is 10.6. The van der Waals surface area contributed by atoms with E-state index < -0.39 is 28.7 Å². The first-order chi connectivity index (χ1) is 14.8. The van der Waals surface area contributed by atoms with Crippen LogP contribution in [0.3, 0.4) is 0 Å². The van der Waals surface area contributed by atoms with Crippen molar-refractivity contribution in [3.8, 4) is 11.1 Å². The number of nitrogens with zero attached hydrogens (tertiary/aromatic N) is 1. The molecule has 0 spiro atoms. The Morgan fingerprint density at radius 1 is 1.16 bits per heavy atom. The normalized spacial score (nSPS) is 17.5. The fourth-order valence-electron chi connectivity index (χ4n) is 3.78. The van der Waals surface area contributed by atoms with Gasteiger partial charge in [0.1, 0.15) is 17.3 Å². The standard InChI is InChI=1S/C23H18F2N2O3S/c1-12-6-7-13(23(28)29)10-15(12)16-11-19(31-2)26-21-14(16)8-9-27(30)22(21)20-17(24)4-3-5-18(20)25/h3-11,22,27H,1-2H3,(H,28,29). The second-order valence-corrected chi connectivity index (χ2v) is 7.98. The van der Waals surface area contributed by atoms with Crippen LogP contribution < -0.4 is 5.06 Å². The van der Waals surface area contributed by atoms with Gasteiger partial charge in [0, 0.05) is 11.6 Å². The van der Waals surface area contributed by atoms with Gasteiger partial charge >= 0.3 is 5.97 Å². The highest BCUT2D eigenvalue weighted by atomic mass is 32.2. The van der Waals surface area contributed by atoms with Crippen molar-refractivity contribution < 1.29 is 23.7 Å². The van der Waals surface area contributed by atoms with Crippen LogP contribution >= 0.6 is 11.8 Å². The minimum Gasteiger partial charge on any atom is -0.629 e. The van der Waals surface area contributed by atoms with Gasteiger partial charge in [-0.3, -0.25) is 0 Å². The quantitative estimate of drug-likeness (QED) is 0.469. The number of carboxylic acid groups (broad SMARTS) is 1. The summed E-state index contributed by atoms with van der Waals surface area (Å²) in [5.41, 5.74) is 2.69. The molecule has 2 aromatic carbocycles. The Morgan fingerprint density at radius 2 is 1.87 bits per heavy atom. The largest absolute Gasteiger partial charge is 0.629 e. The van der Waals surface area contributed by atoms with Crippen LogP contribution in [0, 0.1) is 23.8 Å². The van der Waals surface area contributed by atoms with Crippen LogP contribution in [0.25, 0.3) is 17.2 Å². The number of benzene rings is 2. The fraction of sp³-hybridized carbons (Fsp3) is 0.130. The Labute approximate surface area is 181 Å². The van der Waals surface area contributed by atoms with E-state index in [0.29, 0.717) is 21.7 Å². The number of aromatic carboxylic acids is 1. The molecule has 0 bridgehead atoms. The van der Waals surface area contributed by atoms with E-state index in [1.165, 1.54) is 30.1 Å². The minimum atomic E-state index is -1.23. The monoisotopic (exact) mass is 440 g/mol. The van der Waals surface area contributed by atoms with Gasteiger partial charge in [0.05, 0.1) is 22.4 Å². The van der Waals surface area contributed by atoms with Crippen molar-refractivity contribution >= 4 is 23.8 Å². The molecule has 0 saturated carbocycles. The van der Waals surface area contributed by atoms with Crippen molar-refractivity contribution in [2.75, 3.05) is 6.26 Å². The molecule has 2 heterocycles. The molecule has 8 heteroatoms. The number of fused-ring (bicyclic) bond motifs is 1. The molecule has 0 amide bonds. The lowest BCUT2D eigenvalue weighted by atomic mass is 9.89. The Morgan fingerprint density at radius 3 is 2.52 bits per heavy atom. The van der Waals surface area contributed by atoms with E-state index in [2.05, 4.69) is 4.98 Å². The molecular formula is C23H18F2N2O3S. The molecule has 2 atom stereocenters. The van der Waals surface area contributed by atoms with Crippen molar-refractivity contribution in [1.29, 1.82) is 0 Å². The zero-order valence-corrected chi connectivity index (χ0v) is 17.5. The average molecular weight is 440 g/mol. The Balaban J connectivity index is 2.02. The second-order valence-electron chi connectivity index (χ2n) is 7.15. The fourth-order valence-corrected chi connectivity index (χ4v) is 4.21. The van der Waals surface area contributed by atoms with E-state index >= 15 is 0 Å². The zero-order chi connectivity index (χ0) is 22.3. The number of hydrogen-bond donors (Lipinski definition) is 2. The molecule has 0 aliphatic carbocycles. The topological polar surface area (TPSA) is 77.7 Å². The summed E-state index contributed by atoms with van der Waals surface area (Å²) >= 11 is 1.32. The number of hydrogen-bond acceptors (Lipinski definition) is 4. The van der Waals surface area contributed by atoms with Crippen molar-refractivity contribution in [3.05, 3.63) is 93.5 Å². The Hall–Kier alpha value is -3.07. The third-order valence-electron chi connectivity index (χ3n) is 5.31. The summed E-state index contributed by atoms with van der Waals surface area (Å²) in [7, 11) is 0. The predicted molar refractivity (Wildman–Crippen MR) is 115 cm³/mol. The van der Waals surface area contributed by atoms with Gasteiger partial charge in [0.25, 0.3) is 0 Å². The molecule has 1 aromatic heterocycles. The number of aryl methyl sites for hydroxylation is 1. The number of carboxylic acids is 1. The van der Waals surface area contributed by atoms with Crippen LogP contribution in [0.5, 0.6) is 0 Å².